The van der Waals surface area contributed by atoms with Crippen LogP contribution in [0.2, 0.25) is 0 Å². The molecule has 6 rings (SSSR count). The smallest absolute Gasteiger partial charge is 0.381 e. The van der Waals surface area contributed by atoms with Crippen molar-refractivity contribution in [1.82, 2.24) is 19.8 Å². The first kappa shape index (κ1) is 25.9. The van der Waals surface area contributed by atoms with Gasteiger partial charge < -0.3 is 19.4 Å². The number of nitrogens with zero attached hydrogens (tertiary/aromatic N) is 5. The van der Waals surface area contributed by atoms with Crippen LogP contribution >= 0.6 is 11.3 Å². The lowest BCUT2D eigenvalue weighted by Gasteiger charge is -2.38. The van der Waals surface area contributed by atoms with Gasteiger partial charge in [0.1, 0.15) is 17.0 Å². The number of hydrogen-bond acceptors (Lipinski definition) is 7. The van der Waals surface area contributed by atoms with Crippen LogP contribution in [0.4, 0.5) is 19.0 Å². The van der Waals surface area contributed by atoms with Gasteiger partial charge in [0.2, 0.25) is 5.91 Å². The Bertz CT molecular complexity index is 1190. The van der Waals surface area contributed by atoms with Gasteiger partial charge in [0.05, 0.1) is 24.3 Å². The zero-order chi connectivity index (χ0) is 26.3. The number of amides is 1. The molecule has 3 saturated heterocycles. The Balaban J connectivity index is 1.06. The summed E-state index contributed by atoms with van der Waals surface area (Å²) in [6.45, 7) is 6.61. The molecule has 0 aromatic carbocycles. The average Bonchev–Trinajstić information content (AvgIpc) is 3.51. The van der Waals surface area contributed by atoms with Crippen LogP contribution in [0.25, 0.3) is 10.2 Å². The molecule has 2 aromatic rings. The predicted octanol–water partition coefficient (Wildman–Crippen LogP) is 4.49. The molecule has 0 spiro atoms. The number of aromatic nitrogens is 2. The van der Waals surface area contributed by atoms with E-state index >= 15 is 0 Å². The summed E-state index contributed by atoms with van der Waals surface area (Å²) in [6.07, 6.45) is 3.67. The number of rotatable bonds is 5. The van der Waals surface area contributed by atoms with Gasteiger partial charge in [0.15, 0.2) is 0 Å². The van der Waals surface area contributed by atoms with Gasteiger partial charge in [-0.3, -0.25) is 4.79 Å². The largest absolute Gasteiger partial charge is 0.393 e. The quantitative estimate of drug-likeness (QED) is 0.548. The van der Waals surface area contributed by atoms with Crippen molar-refractivity contribution in [2.75, 3.05) is 57.4 Å². The molecule has 7 nitrogen and oxygen atoms in total. The molecular formula is C27H34F3N5O2S. The molecule has 0 radical (unpaired) electrons. The first-order valence-corrected chi connectivity index (χ1v) is 14.5. The maximum Gasteiger partial charge on any atom is 0.393 e. The Labute approximate surface area is 224 Å². The van der Waals surface area contributed by atoms with E-state index in [0.29, 0.717) is 28.7 Å². The number of fused-ring (bicyclic) bond motifs is 2. The molecule has 0 saturated carbocycles. The fraction of sp³-hybridized carbons (Fsp3) is 0.667. The molecule has 38 heavy (non-hydrogen) atoms. The van der Waals surface area contributed by atoms with E-state index in [2.05, 4.69) is 26.0 Å². The Morgan fingerprint density at radius 3 is 2.74 bits per heavy atom. The molecule has 3 fully saturated rings. The maximum atomic E-state index is 12.9. The first-order chi connectivity index (χ1) is 18.3. The van der Waals surface area contributed by atoms with E-state index in [1.165, 1.54) is 11.9 Å². The monoisotopic (exact) mass is 549 g/mol. The number of piperidine rings is 1. The molecule has 1 unspecified atom stereocenters. The van der Waals surface area contributed by atoms with Crippen LogP contribution in [0, 0.1) is 17.8 Å². The van der Waals surface area contributed by atoms with Gasteiger partial charge in [-0.15, -0.1) is 11.3 Å². The lowest BCUT2D eigenvalue weighted by Crippen LogP contribution is -2.45. The summed E-state index contributed by atoms with van der Waals surface area (Å²) in [7, 11) is 0. The third-order valence-corrected chi connectivity index (χ3v) is 9.46. The third-order valence-electron chi connectivity index (χ3n) is 8.41. The number of carbonyl (C=O) groups is 1. The second-order valence-corrected chi connectivity index (χ2v) is 12.3. The number of alkyl halides is 3. The number of thiophene rings is 1. The Morgan fingerprint density at radius 2 is 1.97 bits per heavy atom. The molecule has 2 aromatic heterocycles. The van der Waals surface area contributed by atoms with Crippen LogP contribution in [0.5, 0.6) is 0 Å². The van der Waals surface area contributed by atoms with Crippen LogP contribution in [0.3, 0.4) is 0 Å². The number of anilines is 1. The molecule has 206 valence electrons. The maximum absolute atomic E-state index is 12.9. The van der Waals surface area contributed by atoms with Crippen molar-refractivity contribution in [2.45, 2.75) is 44.7 Å². The van der Waals surface area contributed by atoms with E-state index in [9.17, 15) is 18.0 Å². The number of ether oxygens (including phenoxy) is 1. The van der Waals surface area contributed by atoms with E-state index in [-0.39, 0.29) is 16.7 Å². The van der Waals surface area contributed by atoms with E-state index in [0.717, 1.165) is 95.1 Å². The molecule has 1 amide bonds. The van der Waals surface area contributed by atoms with E-state index < -0.39 is 12.6 Å². The lowest BCUT2D eigenvalue weighted by atomic mass is 9.92. The summed E-state index contributed by atoms with van der Waals surface area (Å²) in [5, 5.41) is 0.717. The minimum Gasteiger partial charge on any atom is -0.381 e. The Hall–Kier alpha value is -2.40. The molecule has 4 aliphatic heterocycles. The number of carbonyl (C=O) groups excluding carboxylic acids is 1. The van der Waals surface area contributed by atoms with E-state index in [4.69, 9.17) is 4.74 Å². The fourth-order valence-electron chi connectivity index (χ4n) is 6.44. The fourth-order valence-corrected chi connectivity index (χ4v) is 7.46. The number of likely N-dealkylation sites (tertiary alicyclic amines) is 1. The molecule has 6 heterocycles. The van der Waals surface area contributed by atoms with Gasteiger partial charge in [-0.2, -0.15) is 13.2 Å². The molecule has 2 atom stereocenters. The van der Waals surface area contributed by atoms with E-state index in [1.807, 2.05) is 4.90 Å². The molecular weight excluding hydrogens is 515 g/mol. The zero-order valence-electron chi connectivity index (χ0n) is 21.5. The Kier molecular flexibility index (Phi) is 7.24. The van der Waals surface area contributed by atoms with Crippen LogP contribution in [0.1, 0.15) is 37.0 Å². The number of halogens is 3. The van der Waals surface area contributed by atoms with Crippen molar-refractivity contribution in [1.29, 1.82) is 0 Å². The van der Waals surface area contributed by atoms with Crippen LogP contribution in [-0.4, -0.2) is 84.3 Å². The average molecular weight is 550 g/mol. The van der Waals surface area contributed by atoms with Crippen molar-refractivity contribution in [3.8, 4) is 0 Å². The second-order valence-electron chi connectivity index (χ2n) is 11.2. The molecule has 0 N–H and O–H groups in total. The zero-order valence-corrected chi connectivity index (χ0v) is 22.3. The highest BCUT2D eigenvalue weighted by Crippen LogP contribution is 2.38. The normalized spacial score (nSPS) is 25.1. The highest BCUT2D eigenvalue weighted by molar-refractivity contribution is 7.18. The SMILES string of the molecule is O=C(C1CCCOC1)N1CCC(CN2C=C3CN(c4ncnc5sc(CC(F)(F)F)cc45)C[C@H]3CC2)CC1. The summed E-state index contributed by atoms with van der Waals surface area (Å²) in [5.41, 5.74) is 1.37. The van der Waals surface area contributed by atoms with Gasteiger partial charge in [-0.25, -0.2) is 9.97 Å². The molecule has 4 aliphatic rings. The van der Waals surface area contributed by atoms with Crippen molar-refractivity contribution in [2.24, 2.45) is 17.8 Å². The van der Waals surface area contributed by atoms with Crippen LogP contribution in [0.15, 0.2) is 24.2 Å². The van der Waals surface area contributed by atoms with Crippen LogP contribution in [-0.2, 0) is 16.0 Å². The van der Waals surface area contributed by atoms with Crippen molar-refractivity contribution in [3.63, 3.8) is 0 Å². The molecule has 0 aliphatic carbocycles. The van der Waals surface area contributed by atoms with Gasteiger partial charge in [-0.1, -0.05) is 0 Å². The summed E-state index contributed by atoms with van der Waals surface area (Å²) in [5.74, 6) is 2.07. The summed E-state index contributed by atoms with van der Waals surface area (Å²) < 4.78 is 44.3. The van der Waals surface area contributed by atoms with Gasteiger partial charge in [-0.05, 0) is 49.7 Å². The summed E-state index contributed by atoms with van der Waals surface area (Å²) >= 11 is 1.10. The topological polar surface area (TPSA) is 61.8 Å². The standard InChI is InChI=1S/C27H34F3N5O2S/c28-27(29,30)11-22-10-23-24(31-17-32-25(23)38-22)35-14-19-5-6-33(13-21(19)15-35)12-18-3-7-34(8-4-18)26(36)20-2-1-9-37-16-20/h10,13,17-20H,1-9,11-12,14-16H2/t19-,20?/m1/s1. The lowest BCUT2D eigenvalue weighted by molar-refractivity contribution is -0.141. The second kappa shape index (κ2) is 10.6. The highest BCUT2D eigenvalue weighted by atomic mass is 32.1. The minimum atomic E-state index is -4.23. The van der Waals surface area contributed by atoms with Crippen molar-refractivity contribution >= 4 is 33.3 Å². The van der Waals surface area contributed by atoms with E-state index in [1.54, 1.807) is 6.07 Å². The first-order valence-electron chi connectivity index (χ1n) is 13.7. The number of hydrogen-bond donors (Lipinski definition) is 0. The Morgan fingerprint density at radius 1 is 1.13 bits per heavy atom. The van der Waals surface area contributed by atoms with Crippen LogP contribution < -0.4 is 4.90 Å². The molecule has 11 heteroatoms. The van der Waals surface area contributed by atoms with Crippen molar-refractivity contribution < 1.29 is 22.7 Å². The van der Waals surface area contributed by atoms with Gasteiger partial charge >= 0.3 is 6.18 Å². The third kappa shape index (κ3) is 5.64. The minimum absolute atomic E-state index is 0.0378. The van der Waals surface area contributed by atoms with Crippen molar-refractivity contribution in [3.05, 3.63) is 29.0 Å². The van der Waals surface area contributed by atoms with Gasteiger partial charge in [0.25, 0.3) is 0 Å². The molecule has 0 bridgehead atoms. The summed E-state index contributed by atoms with van der Waals surface area (Å²) in [4.78, 5) is 29.1. The summed E-state index contributed by atoms with van der Waals surface area (Å²) in [6, 6.07) is 1.61. The highest BCUT2D eigenvalue weighted by Gasteiger charge is 2.35. The predicted molar refractivity (Wildman–Crippen MR) is 140 cm³/mol. The van der Waals surface area contributed by atoms with Gasteiger partial charge in [0, 0.05) is 62.9 Å².